The van der Waals surface area contributed by atoms with Crippen LogP contribution in [0.3, 0.4) is 0 Å². The first-order valence-electron chi connectivity index (χ1n) is 8.64. The fraction of sp³-hybridized carbons (Fsp3) is 0.364. The van der Waals surface area contributed by atoms with Gasteiger partial charge < -0.3 is 0 Å². The lowest BCUT2D eigenvalue weighted by Crippen LogP contribution is -2.04. The first-order valence-corrected chi connectivity index (χ1v) is 10.3. The molecule has 25 heavy (non-hydrogen) atoms. The maximum absolute atomic E-state index is 12.3. The molecule has 1 rings (SSSR count). The van der Waals surface area contributed by atoms with Crippen LogP contribution in [0.4, 0.5) is 0 Å². The molecular formula is C22H30O2S. The van der Waals surface area contributed by atoms with Gasteiger partial charge in [-0.3, -0.25) is 0 Å². The summed E-state index contributed by atoms with van der Waals surface area (Å²) in [6.07, 6.45) is 12.1. The summed E-state index contributed by atoms with van der Waals surface area (Å²) in [5.74, 6) is 0.0233. The molecule has 0 aliphatic rings. The molecule has 136 valence electrons. The van der Waals surface area contributed by atoms with Gasteiger partial charge in [-0.2, -0.15) is 0 Å². The second-order valence-electron chi connectivity index (χ2n) is 6.73. The summed E-state index contributed by atoms with van der Waals surface area (Å²) in [6.45, 7) is 10.2. The molecule has 0 aliphatic heterocycles. The van der Waals surface area contributed by atoms with Crippen molar-refractivity contribution in [2.75, 3.05) is 5.75 Å². The maximum atomic E-state index is 12.3. The van der Waals surface area contributed by atoms with Gasteiger partial charge in [0.25, 0.3) is 0 Å². The summed E-state index contributed by atoms with van der Waals surface area (Å²) in [4.78, 5) is 0.376. The van der Waals surface area contributed by atoms with E-state index in [4.69, 9.17) is 0 Å². The Hall–Kier alpha value is -1.87. The zero-order chi connectivity index (χ0) is 18.9. The lowest BCUT2D eigenvalue weighted by atomic mass is 10.1. The van der Waals surface area contributed by atoms with Gasteiger partial charge in [0.2, 0.25) is 0 Å². The lowest BCUT2D eigenvalue weighted by molar-refractivity contribution is 0.599. The van der Waals surface area contributed by atoms with E-state index in [2.05, 4.69) is 32.9 Å². The van der Waals surface area contributed by atoms with E-state index in [1.165, 1.54) is 11.1 Å². The molecule has 0 saturated carbocycles. The average Bonchev–Trinajstić information content (AvgIpc) is 2.53. The van der Waals surface area contributed by atoms with Crippen LogP contribution >= 0.6 is 0 Å². The standard InChI is InChI=1S/C22H30O2S/c1-18(2)8-6-9-19(3)10-7-11-20(4)16-17-25(23,24)22-14-12-21(5)13-15-22/h7-8,10-16H,6,9,17H2,1-5H3/b11-7+,19-10+,20-16?. The molecule has 0 N–H and O–H groups in total. The van der Waals surface area contributed by atoms with Crippen molar-refractivity contribution in [3.63, 3.8) is 0 Å². The highest BCUT2D eigenvalue weighted by atomic mass is 32.2. The molecule has 0 fully saturated rings. The summed E-state index contributed by atoms with van der Waals surface area (Å²) in [6, 6.07) is 6.99. The minimum absolute atomic E-state index is 0.0233. The molecule has 0 atom stereocenters. The molecule has 1 aromatic carbocycles. The SMILES string of the molecule is CC(C)=CCC/C(C)=C/C=C/C(C)=CCS(=O)(=O)c1ccc(C)cc1. The van der Waals surface area contributed by atoms with Gasteiger partial charge in [0.15, 0.2) is 9.84 Å². The number of aryl methyl sites for hydroxylation is 1. The topological polar surface area (TPSA) is 34.1 Å². The van der Waals surface area contributed by atoms with Crippen molar-refractivity contribution in [2.24, 2.45) is 0 Å². The van der Waals surface area contributed by atoms with E-state index in [0.29, 0.717) is 4.90 Å². The van der Waals surface area contributed by atoms with E-state index < -0.39 is 9.84 Å². The molecule has 3 heteroatoms. The van der Waals surface area contributed by atoms with E-state index in [9.17, 15) is 8.42 Å². The van der Waals surface area contributed by atoms with Crippen LogP contribution in [0.2, 0.25) is 0 Å². The summed E-state index contributed by atoms with van der Waals surface area (Å²) in [5, 5.41) is 0. The van der Waals surface area contributed by atoms with Crippen LogP contribution in [0, 0.1) is 6.92 Å². The van der Waals surface area contributed by atoms with Crippen LogP contribution in [0.5, 0.6) is 0 Å². The molecule has 1 aromatic rings. The average molecular weight is 359 g/mol. The first-order chi connectivity index (χ1) is 11.7. The number of hydrogen-bond acceptors (Lipinski definition) is 2. The van der Waals surface area contributed by atoms with Gasteiger partial charge in [-0.25, -0.2) is 8.42 Å². The molecule has 0 bridgehead atoms. The Bertz CT molecular complexity index is 770. The van der Waals surface area contributed by atoms with Gasteiger partial charge in [0.05, 0.1) is 10.6 Å². The van der Waals surface area contributed by atoms with Crippen molar-refractivity contribution in [2.45, 2.75) is 52.4 Å². The fourth-order valence-electron chi connectivity index (χ4n) is 2.19. The van der Waals surface area contributed by atoms with Gasteiger partial charge in [0, 0.05) is 0 Å². The van der Waals surface area contributed by atoms with Crippen LogP contribution in [0.15, 0.2) is 76.3 Å². The molecule has 2 nitrogen and oxygen atoms in total. The number of allylic oxidation sites excluding steroid dienone is 7. The van der Waals surface area contributed by atoms with Crippen LogP contribution in [-0.4, -0.2) is 14.2 Å². The summed E-state index contributed by atoms with van der Waals surface area (Å²) < 4.78 is 24.6. The van der Waals surface area contributed by atoms with E-state index in [1.807, 2.05) is 38.1 Å². The van der Waals surface area contributed by atoms with Crippen molar-refractivity contribution < 1.29 is 8.42 Å². The molecule has 0 heterocycles. The number of hydrogen-bond donors (Lipinski definition) is 0. The van der Waals surface area contributed by atoms with Gasteiger partial charge in [-0.15, -0.1) is 0 Å². The molecule has 0 radical (unpaired) electrons. The largest absolute Gasteiger partial charge is 0.223 e. The highest BCUT2D eigenvalue weighted by molar-refractivity contribution is 7.91. The molecule has 0 amide bonds. The van der Waals surface area contributed by atoms with Crippen LogP contribution in [0.1, 0.15) is 46.1 Å². The Morgan fingerprint density at radius 3 is 2.24 bits per heavy atom. The molecule has 0 saturated heterocycles. The van der Waals surface area contributed by atoms with Crippen LogP contribution in [0.25, 0.3) is 0 Å². The Morgan fingerprint density at radius 2 is 1.64 bits per heavy atom. The third kappa shape index (κ3) is 8.69. The van der Waals surface area contributed by atoms with Gasteiger partial charge in [-0.1, -0.05) is 64.8 Å². The highest BCUT2D eigenvalue weighted by Gasteiger charge is 2.11. The minimum atomic E-state index is -3.27. The van der Waals surface area contributed by atoms with Gasteiger partial charge in [-0.05, 0) is 59.6 Å². The summed E-state index contributed by atoms with van der Waals surface area (Å²) in [5.41, 5.74) is 4.66. The van der Waals surface area contributed by atoms with E-state index >= 15 is 0 Å². The first kappa shape index (κ1) is 21.2. The zero-order valence-electron chi connectivity index (χ0n) is 16.0. The second kappa shape index (κ2) is 10.2. The second-order valence-corrected chi connectivity index (χ2v) is 8.77. The molecule has 0 unspecified atom stereocenters. The Morgan fingerprint density at radius 1 is 1.00 bits per heavy atom. The quantitative estimate of drug-likeness (QED) is 0.424. The van der Waals surface area contributed by atoms with E-state index in [0.717, 1.165) is 24.0 Å². The normalized spacial score (nSPS) is 13.3. The molecule has 0 aromatic heterocycles. The summed E-state index contributed by atoms with van der Waals surface area (Å²) in [7, 11) is -3.27. The molecule has 0 aliphatic carbocycles. The third-order valence-corrected chi connectivity index (χ3v) is 5.43. The van der Waals surface area contributed by atoms with Crippen LogP contribution in [-0.2, 0) is 9.84 Å². The van der Waals surface area contributed by atoms with Gasteiger partial charge in [0.1, 0.15) is 0 Å². The Balaban J connectivity index is 2.63. The lowest BCUT2D eigenvalue weighted by Gasteiger charge is -2.02. The third-order valence-electron chi connectivity index (χ3n) is 3.84. The Kier molecular flexibility index (Phi) is 8.64. The van der Waals surface area contributed by atoms with Crippen molar-refractivity contribution >= 4 is 9.84 Å². The van der Waals surface area contributed by atoms with Crippen molar-refractivity contribution in [1.82, 2.24) is 0 Å². The fourth-order valence-corrected chi connectivity index (χ4v) is 3.41. The van der Waals surface area contributed by atoms with Crippen molar-refractivity contribution in [1.29, 1.82) is 0 Å². The minimum Gasteiger partial charge on any atom is -0.223 e. The molecular weight excluding hydrogens is 328 g/mol. The van der Waals surface area contributed by atoms with Gasteiger partial charge >= 0.3 is 0 Å². The Labute approximate surface area is 153 Å². The highest BCUT2D eigenvalue weighted by Crippen LogP contribution is 2.13. The predicted molar refractivity (Wildman–Crippen MR) is 109 cm³/mol. The predicted octanol–water partition coefficient (Wildman–Crippen LogP) is 5.96. The summed E-state index contributed by atoms with van der Waals surface area (Å²) >= 11 is 0. The van der Waals surface area contributed by atoms with E-state index in [1.54, 1.807) is 18.2 Å². The monoisotopic (exact) mass is 358 g/mol. The van der Waals surface area contributed by atoms with E-state index in [-0.39, 0.29) is 5.75 Å². The number of sulfone groups is 1. The zero-order valence-corrected chi connectivity index (χ0v) is 16.9. The number of rotatable bonds is 8. The maximum Gasteiger partial charge on any atom is 0.181 e. The van der Waals surface area contributed by atoms with Crippen molar-refractivity contribution in [3.8, 4) is 0 Å². The number of benzene rings is 1. The smallest absolute Gasteiger partial charge is 0.181 e. The molecule has 0 spiro atoms. The van der Waals surface area contributed by atoms with Crippen molar-refractivity contribution in [3.05, 3.63) is 76.9 Å². The van der Waals surface area contributed by atoms with Crippen LogP contribution < -0.4 is 0 Å².